The monoisotopic (exact) mass is 320 g/mol. The topological polar surface area (TPSA) is 52.0 Å². The average Bonchev–Trinajstić information content (AvgIpc) is 2.77. The number of rotatable bonds is 4. The summed E-state index contributed by atoms with van der Waals surface area (Å²) < 4.78 is 50.6. The molecule has 0 atom stereocenters. The highest BCUT2D eigenvalue weighted by Crippen LogP contribution is 2.18. The summed E-state index contributed by atoms with van der Waals surface area (Å²) in [7, 11) is 1.27. The molecule has 0 unspecified atom stereocenters. The van der Waals surface area contributed by atoms with Gasteiger partial charge in [-0.2, -0.15) is 0 Å². The molecule has 0 radical (unpaired) electrons. The molecule has 8 heteroatoms. The molecule has 0 fully saturated rings. The van der Waals surface area contributed by atoms with Gasteiger partial charge in [0.2, 0.25) is 0 Å². The van der Waals surface area contributed by atoms with Crippen molar-refractivity contribution in [3.63, 3.8) is 0 Å². The van der Waals surface area contributed by atoms with Crippen LogP contribution >= 0.6 is 10.7 Å². The minimum atomic E-state index is -3.95. The highest BCUT2D eigenvalue weighted by atomic mass is 35.7. The Morgan fingerprint density at radius 1 is 1.35 bits per heavy atom. The van der Waals surface area contributed by atoms with E-state index in [1.807, 2.05) is 0 Å². The zero-order valence-electron chi connectivity index (χ0n) is 10.5. The summed E-state index contributed by atoms with van der Waals surface area (Å²) in [6, 6.07) is 3.10. The van der Waals surface area contributed by atoms with E-state index in [1.165, 1.54) is 10.8 Å². The van der Waals surface area contributed by atoms with Crippen molar-refractivity contribution >= 4 is 19.7 Å². The Kier molecular flexibility index (Phi) is 4.10. The summed E-state index contributed by atoms with van der Waals surface area (Å²) in [4.78, 5) is 3.88. The Morgan fingerprint density at radius 2 is 2.05 bits per heavy atom. The first kappa shape index (κ1) is 14.9. The van der Waals surface area contributed by atoms with Gasteiger partial charge in [-0.25, -0.2) is 22.2 Å². The Hall–Kier alpha value is -1.47. The lowest BCUT2D eigenvalue weighted by Gasteiger charge is -2.07. The van der Waals surface area contributed by atoms with Crippen LogP contribution in [0.15, 0.2) is 29.4 Å². The maximum atomic E-state index is 13.6. The minimum Gasteiger partial charge on any atom is -0.329 e. The van der Waals surface area contributed by atoms with Gasteiger partial charge in [-0.15, -0.1) is 0 Å². The normalized spacial score (nSPS) is 11.8. The van der Waals surface area contributed by atoms with Gasteiger partial charge in [0.25, 0.3) is 9.05 Å². The van der Waals surface area contributed by atoms with Crippen LogP contribution in [0.3, 0.4) is 0 Å². The predicted octanol–water partition coefficient (Wildman–Crippen LogP) is 2.70. The van der Waals surface area contributed by atoms with Gasteiger partial charge in [-0.1, -0.05) is 6.92 Å². The van der Waals surface area contributed by atoms with Gasteiger partial charge < -0.3 is 4.57 Å². The number of hydrogen-bond donors (Lipinski definition) is 0. The summed E-state index contributed by atoms with van der Waals surface area (Å²) in [5.74, 6) is -0.713. The molecule has 0 aliphatic heterocycles. The zero-order valence-corrected chi connectivity index (χ0v) is 12.0. The molecule has 2 aromatic rings. The third kappa shape index (κ3) is 3.16. The van der Waals surface area contributed by atoms with Gasteiger partial charge in [0.1, 0.15) is 17.5 Å². The third-order valence-electron chi connectivity index (χ3n) is 2.75. The molecule has 1 aromatic heterocycles. The van der Waals surface area contributed by atoms with Crippen molar-refractivity contribution in [2.75, 3.05) is 0 Å². The average molecular weight is 321 g/mol. The van der Waals surface area contributed by atoms with Crippen LogP contribution < -0.4 is 0 Å². The van der Waals surface area contributed by atoms with Crippen LogP contribution in [0.1, 0.15) is 18.3 Å². The van der Waals surface area contributed by atoms with E-state index in [2.05, 4.69) is 4.98 Å². The molecule has 4 nitrogen and oxygen atoms in total. The van der Waals surface area contributed by atoms with E-state index in [9.17, 15) is 17.2 Å². The summed E-state index contributed by atoms with van der Waals surface area (Å²) in [5.41, 5.74) is 0.107. The van der Waals surface area contributed by atoms with Gasteiger partial charge in [-0.05, 0) is 18.2 Å². The van der Waals surface area contributed by atoms with Crippen molar-refractivity contribution in [3.8, 4) is 0 Å². The van der Waals surface area contributed by atoms with Crippen molar-refractivity contribution < 1.29 is 17.2 Å². The van der Waals surface area contributed by atoms with Gasteiger partial charge >= 0.3 is 0 Å². The fourth-order valence-electron chi connectivity index (χ4n) is 1.81. The maximum absolute atomic E-state index is 13.6. The van der Waals surface area contributed by atoms with E-state index in [1.54, 1.807) is 6.92 Å². The lowest BCUT2D eigenvalue weighted by molar-refractivity contribution is 0.573. The van der Waals surface area contributed by atoms with Crippen LogP contribution in [0, 0.1) is 11.6 Å². The van der Waals surface area contributed by atoms with E-state index in [0.29, 0.717) is 12.2 Å². The highest BCUT2D eigenvalue weighted by molar-refractivity contribution is 8.13. The number of nitrogens with zero attached hydrogens (tertiary/aromatic N) is 2. The molecule has 20 heavy (non-hydrogen) atoms. The number of benzene rings is 1. The van der Waals surface area contributed by atoms with Crippen molar-refractivity contribution in [2.45, 2.75) is 24.9 Å². The van der Waals surface area contributed by atoms with Crippen LogP contribution in [-0.4, -0.2) is 18.0 Å². The largest absolute Gasteiger partial charge is 0.329 e. The second kappa shape index (κ2) is 5.49. The molecule has 1 heterocycles. The van der Waals surface area contributed by atoms with E-state index >= 15 is 0 Å². The fraction of sp³-hybridized carbons (Fsp3) is 0.250. The minimum absolute atomic E-state index is 0.0217. The molecule has 0 saturated carbocycles. The molecule has 1 aromatic carbocycles. The van der Waals surface area contributed by atoms with E-state index in [0.717, 1.165) is 18.2 Å². The third-order valence-corrected chi connectivity index (χ3v) is 3.92. The fourth-order valence-corrected chi connectivity index (χ4v) is 2.50. The predicted molar refractivity (Wildman–Crippen MR) is 70.1 cm³/mol. The van der Waals surface area contributed by atoms with Crippen LogP contribution in [-0.2, 0) is 22.0 Å². The van der Waals surface area contributed by atoms with Crippen molar-refractivity contribution in [1.82, 2.24) is 9.55 Å². The number of aromatic nitrogens is 2. The molecule has 0 N–H and O–H groups in total. The molecule has 0 bridgehead atoms. The Balaban J connectivity index is 2.43. The van der Waals surface area contributed by atoms with E-state index in [4.69, 9.17) is 10.7 Å². The lowest BCUT2D eigenvalue weighted by Crippen LogP contribution is -2.05. The molecule has 108 valence electrons. The van der Waals surface area contributed by atoms with Crippen LogP contribution in [0.4, 0.5) is 8.78 Å². The lowest BCUT2D eigenvalue weighted by atomic mass is 10.2. The second-order valence-electron chi connectivity index (χ2n) is 4.15. The molecular formula is C12H11ClF2N2O2S. The summed E-state index contributed by atoms with van der Waals surface area (Å²) in [5, 5.41) is -0.298. The number of hydrogen-bond acceptors (Lipinski definition) is 3. The maximum Gasteiger partial charge on any atom is 0.280 e. The molecule has 2 rings (SSSR count). The Labute approximate surface area is 119 Å². The van der Waals surface area contributed by atoms with Gasteiger partial charge in [0.15, 0.2) is 5.03 Å². The van der Waals surface area contributed by atoms with Gasteiger partial charge in [-0.3, -0.25) is 0 Å². The standard InChI is InChI=1S/C12H11ClF2N2O2S/c1-2-11-16-12(20(13,18)19)7-17(11)6-8-5-9(14)3-4-10(8)15/h3-5,7H,2,6H2,1H3. The van der Waals surface area contributed by atoms with Crippen molar-refractivity contribution in [2.24, 2.45) is 0 Å². The van der Waals surface area contributed by atoms with Crippen LogP contribution in [0.25, 0.3) is 0 Å². The summed E-state index contributed by atoms with van der Waals surface area (Å²) >= 11 is 0. The molecule has 0 saturated heterocycles. The number of aryl methyl sites for hydroxylation is 1. The van der Waals surface area contributed by atoms with Crippen LogP contribution in [0.5, 0.6) is 0 Å². The first-order valence-electron chi connectivity index (χ1n) is 5.76. The molecular weight excluding hydrogens is 310 g/mol. The molecule has 0 spiro atoms. The summed E-state index contributed by atoms with van der Waals surface area (Å²) in [6.45, 7) is 1.75. The molecule has 0 aliphatic rings. The van der Waals surface area contributed by atoms with Crippen LogP contribution in [0.2, 0.25) is 0 Å². The summed E-state index contributed by atoms with van der Waals surface area (Å²) in [6.07, 6.45) is 1.65. The number of imidazole rings is 1. The Bertz CT molecular complexity index is 744. The highest BCUT2D eigenvalue weighted by Gasteiger charge is 2.18. The molecule has 0 amide bonds. The zero-order chi connectivity index (χ0) is 14.9. The van der Waals surface area contributed by atoms with Gasteiger partial charge in [0.05, 0.1) is 6.54 Å². The first-order valence-corrected chi connectivity index (χ1v) is 8.07. The van der Waals surface area contributed by atoms with Gasteiger partial charge in [0, 0.05) is 28.9 Å². The smallest absolute Gasteiger partial charge is 0.280 e. The SMILES string of the molecule is CCc1nc(S(=O)(=O)Cl)cn1Cc1cc(F)ccc1F. The first-order chi connectivity index (χ1) is 9.31. The van der Waals surface area contributed by atoms with Crippen molar-refractivity contribution in [1.29, 1.82) is 0 Å². The second-order valence-corrected chi connectivity index (χ2v) is 6.66. The Morgan fingerprint density at radius 3 is 2.65 bits per heavy atom. The quantitative estimate of drug-likeness (QED) is 0.814. The van der Waals surface area contributed by atoms with E-state index < -0.39 is 20.7 Å². The number of halogens is 3. The van der Waals surface area contributed by atoms with Crippen molar-refractivity contribution in [3.05, 3.63) is 47.4 Å². The van der Waals surface area contributed by atoms with E-state index in [-0.39, 0.29) is 17.1 Å². The molecule has 0 aliphatic carbocycles.